The van der Waals surface area contributed by atoms with Crippen molar-refractivity contribution in [2.75, 3.05) is 0 Å². The van der Waals surface area contributed by atoms with Crippen molar-refractivity contribution >= 4 is 5.78 Å². The second kappa shape index (κ2) is 6.54. The number of aliphatic hydroxyl groups is 2. The number of ether oxygens (including phenoxy) is 2. The van der Waals surface area contributed by atoms with Crippen LogP contribution in [0.3, 0.4) is 0 Å². The van der Waals surface area contributed by atoms with E-state index < -0.39 is 36.2 Å². The molecule has 0 spiro atoms. The first-order chi connectivity index (χ1) is 11.3. The monoisotopic (exact) mass is 335 g/mol. The number of hydrogen-bond donors (Lipinski definition) is 3. The van der Waals surface area contributed by atoms with Gasteiger partial charge in [-0.25, -0.2) is 0 Å². The SMILES string of the molecule is CC(=O)[C@]1(O)Cc2ccccc2[C@@H](O[C@H]2C[C@H](N)[C@H](O)[C@H](C)O2)C1. The fourth-order valence-corrected chi connectivity index (χ4v) is 3.56. The molecule has 1 heterocycles. The highest BCUT2D eigenvalue weighted by Crippen LogP contribution is 2.40. The highest BCUT2D eigenvalue weighted by molar-refractivity contribution is 5.85. The molecule has 0 aromatic heterocycles. The van der Waals surface area contributed by atoms with Crippen molar-refractivity contribution < 1.29 is 24.5 Å². The van der Waals surface area contributed by atoms with E-state index in [4.69, 9.17) is 15.2 Å². The Bertz CT molecular complexity index is 609. The van der Waals surface area contributed by atoms with Crippen LogP contribution in [0.1, 0.15) is 43.9 Å². The van der Waals surface area contributed by atoms with Crippen molar-refractivity contribution in [2.45, 2.75) is 69.4 Å². The van der Waals surface area contributed by atoms with E-state index in [1.807, 2.05) is 24.3 Å². The first-order valence-electron chi connectivity index (χ1n) is 8.36. The smallest absolute Gasteiger partial charge is 0.161 e. The van der Waals surface area contributed by atoms with Crippen molar-refractivity contribution in [1.82, 2.24) is 0 Å². The third-order valence-electron chi connectivity index (χ3n) is 5.13. The second-order valence-corrected chi connectivity index (χ2v) is 6.95. The molecule has 1 saturated heterocycles. The number of benzene rings is 1. The normalized spacial score (nSPS) is 39.3. The Morgan fingerprint density at radius 1 is 1.42 bits per heavy atom. The first-order valence-corrected chi connectivity index (χ1v) is 8.36. The minimum atomic E-state index is -1.43. The maximum absolute atomic E-state index is 11.9. The number of Topliss-reactive ketones (excluding diaryl/α,β-unsaturated/α-hetero) is 1. The minimum absolute atomic E-state index is 0.186. The molecule has 0 bridgehead atoms. The lowest BCUT2D eigenvalue weighted by atomic mass is 9.77. The third kappa shape index (κ3) is 3.25. The molecule has 3 rings (SSSR count). The van der Waals surface area contributed by atoms with Gasteiger partial charge in [-0.15, -0.1) is 0 Å². The van der Waals surface area contributed by atoms with E-state index in [0.717, 1.165) is 11.1 Å². The van der Waals surface area contributed by atoms with E-state index in [1.165, 1.54) is 6.92 Å². The number of carbonyl (C=O) groups is 1. The van der Waals surface area contributed by atoms with Crippen molar-refractivity contribution in [1.29, 1.82) is 0 Å². The van der Waals surface area contributed by atoms with Gasteiger partial charge in [0.25, 0.3) is 0 Å². The van der Waals surface area contributed by atoms with Gasteiger partial charge >= 0.3 is 0 Å². The molecule has 1 aromatic rings. The molecule has 0 unspecified atom stereocenters. The van der Waals surface area contributed by atoms with E-state index in [0.29, 0.717) is 12.8 Å². The fraction of sp³-hybridized carbons (Fsp3) is 0.611. The zero-order valence-corrected chi connectivity index (χ0v) is 14.0. The lowest BCUT2D eigenvalue weighted by Crippen LogP contribution is -2.52. The van der Waals surface area contributed by atoms with Crippen LogP contribution in [0.2, 0.25) is 0 Å². The summed E-state index contributed by atoms with van der Waals surface area (Å²) in [6, 6.07) is 7.21. The highest BCUT2D eigenvalue weighted by atomic mass is 16.7. The average Bonchev–Trinajstić information content (AvgIpc) is 2.52. The Morgan fingerprint density at radius 2 is 2.12 bits per heavy atom. The predicted molar refractivity (Wildman–Crippen MR) is 87.2 cm³/mol. The van der Waals surface area contributed by atoms with Gasteiger partial charge in [0.1, 0.15) is 5.60 Å². The minimum Gasteiger partial charge on any atom is -0.389 e. The van der Waals surface area contributed by atoms with E-state index >= 15 is 0 Å². The molecule has 6 atom stereocenters. The molecule has 0 saturated carbocycles. The summed E-state index contributed by atoms with van der Waals surface area (Å²) < 4.78 is 11.8. The van der Waals surface area contributed by atoms with Gasteiger partial charge in [-0.1, -0.05) is 24.3 Å². The summed E-state index contributed by atoms with van der Waals surface area (Å²) in [6.45, 7) is 3.15. The van der Waals surface area contributed by atoms with Gasteiger partial charge < -0.3 is 25.4 Å². The van der Waals surface area contributed by atoms with Crippen LogP contribution in [-0.2, 0) is 20.7 Å². The van der Waals surface area contributed by atoms with Crippen LogP contribution in [0.15, 0.2) is 24.3 Å². The highest BCUT2D eigenvalue weighted by Gasteiger charge is 2.43. The van der Waals surface area contributed by atoms with Gasteiger partial charge in [0.15, 0.2) is 12.1 Å². The van der Waals surface area contributed by atoms with Gasteiger partial charge in [-0.3, -0.25) is 4.79 Å². The summed E-state index contributed by atoms with van der Waals surface area (Å²) in [6.07, 6.45) is -1.34. The van der Waals surface area contributed by atoms with Gasteiger partial charge in [0.05, 0.1) is 18.3 Å². The van der Waals surface area contributed by atoms with E-state index in [-0.39, 0.29) is 12.2 Å². The van der Waals surface area contributed by atoms with Crippen molar-refractivity contribution in [3.63, 3.8) is 0 Å². The third-order valence-corrected chi connectivity index (χ3v) is 5.13. The fourth-order valence-electron chi connectivity index (χ4n) is 3.56. The number of aliphatic hydroxyl groups excluding tert-OH is 1. The average molecular weight is 335 g/mol. The molecular formula is C18H25NO5. The van der Waals surface area contributed by atoms with Crippen LogP contribution >= 0.6 is 0 Å². The Balaban J connectivity index is 1.83. The van der Waals surface area contributed by atoms with E-state index in [1.54, 1.807) is 6.92 Å². The molecular weight excluding hydrogens is 310 g/mol. The van der Waals surface area contributed by atoms with Crippen LogP contribution in [0, 0.1) is 0 Å². The molecule has 2 aliphatic rings. The van der Waals surface area contributed by atoms with E-state index in [9.17, 15) is 15.0 Å². The number of ketones is 1. The number of hydrogen-bond acceptors (Lipinski definition) is 6. The summed E-state index contributed by atoms with van der Waals surface area (Å²) in [4.78, 5) is 11.9. The maximum atomic E-state index is 11.9. The molecule has 0 amide bonds. The zero-order valence-electron chi connectivity index (χ0n) is 14.0. The summed E-state index contributed by atoms with van der Waals surface area (Å²) in [5.74, 6) is -0.268. The quantitative estimate of drug-likeness (QED) is 0.756. The number of carbonyl (C=O) groups excluding carboxylic acids is 1. The van der Waals surface area contributed by atoms with Crippen LogP contribution in [0.25, 0.3) is 0 Å². The molecule has 1 aromatic carbocycles. The van der Waals surface area contributed by atoms with Crippen LogP contribution < -0.4 is 5.73 Å². The molecule has 0 radical (unpaired) electrons. The first kappa shape index (κ1) is 17.5. The summed E-state index contributed by atoms with van der Waals surface area (Å²) in [5.41, 5.74) is 6.38. The topological polar surface area (TPSA) is 102 Å². The Morgan fingerprint density at radius 3 is 2.79 bits per heavy atom. The molecule has 1 fully saturated rings. The Labute approximate surface area is 141 Å². The van der Waals surface area contributed by atoms with Crippen molar-refractivity contribution in [2.24, 2.45) is 5.73 Å². The lowest BCUT2D eigenvalue weighted by molar-refractivity contribution is -0.247. The molecule has 1 aliphatic heterocycles. The summed E-state index contributed by atoms with van der Waals surface area (Å²) in [5, 5.41) is 20.6. The van der Waals surface area contributed by atoms with Gasteiger partial charge in [0, 0.05) is 25.3 Å². The van der Waals surface area contributed by atoms with Crippen LogP contribution in [0.4, 0.5) is 0 Å². The largest absolute Gasteiger partial charge is 0.389 e. The number of nitrogens with two attached hydrogens (primary N) is 1. The summed E-state index contributed by atoms with van der Waals surface area (Å²) in [7, 11) is 0. The van der Waals surface area contributed by atoms with E-state index in [2.05, 4.69) is 0 Å². The van der Waals surface area contributed by atoms with Crippen molar-refractivity contribution in [3.05, 3.63) is 35.4 Å². The lowest BCUT2D eigenvalue weighted by Gasteiger charge is -2.41. The second-order valence-electron chi connectivity index (χ2n) is 6.95. The molecule has 1 aliphatic carbocycles. The van der Waals surface area contributed by atoms with Crippen LogP contribution in [0.5, 0.6) is 0 Å². The van der Waals surface area contributed by atoms with Crippen LogP contribution in [-0.4, -0.2) is 46.1 Å². The number of fused-ring (bicyclic) bond motifs is 1. The van der Waals surface area contributed by atoms with Gasteiger partial charge in [0.2, 0.25) is 0 Å². The van der Waals surface area contributed by atoms with Gasteiger partial charge in [-0.05, 0) is 25.0 Å². The molecule has 6 heteroatoms. The molecule has 6 nitrogen and oxygen atoms in total. The van der Waals surface area contributed by atoms with Gasteiger partial charge in [-0.2, -0.15) is 0 Å². The Hall–Kier alpha value is -1.31. The standard InChI is InChI=1S/C18H25NO5/c1-10-17(21)14(19)7-16(23-10)24-15-9-18(22,11(2)20)8-12-5-3-4-6-13(12)15/h3-6,10,14-17,21-22H,7-9,19H2,1-2H3/t10-,14-,15-,16-,17+,18-/m0/s1. The molecule has 24 heavy (non-hydrogen) atoms. The van der Waals surface area contributed by atoms with Crippen molar-refractivity contribution in [3.8, 4) is 0 Å². The maximum Gasteiger partial charge on any atom is 0.161 e. The Kier molecular flexibility index (Phi) is 4.77. The molecule has 132 valence electrons. The summed E-state index contributed by atoms with van der Waals surface area (Å²) >= 11 is 0. The number of rotatable bonds is 3. The predicted octanol–water partition coefficient (Wildman–Crippen LogP) is 0.834. The zero-order chi connectivity index (χ0) is 17.5. The molecule has 4 N–H and O–H groups in total.